The molecule has 0 spiro atoms. The molecular weight excluding hydrogens is 615 g/mol. The summed E-state index contributed by atoms with van der Waals surface area (Å²) < 4.78 is 43.9. The third-order valence-electron chi connectivity index (χ3n) is 8.44. The number of aryl methyl sites for hydroxylation is 1. The van der Waals surface area contributed by atoms with Gasteiger partial charge in [0.05, 0.1) is 39.2 Å². The summed E-state index contributed by atoms with van der Waals surface area (Å²) in [6.07, 6.45) is 0.445. The Labute approximate surface area is 270 Å². The molecule has 2 aliphatic rings. The molecule has 0 amide bonds. The van der Waals surface area contributed by atoms with E-state index >= 15 is 0 Å². The van der Waals surface area contributed by atoms with Gasteiger partial charge in [-0.1, -0.05) is 50.6 Å². The van der Waals surface area contributed by atoms with Gasteiger partial charge in [0.2, 0.25) is 0 Å². The third kappa shape index (κ3) is 5.81. The molecule has 2 aromatic heterocycles. The van der Waals surface area contributed by atoms with Gasteiger partial charge in [-0.25, -0.2) is 0 Å². The number of nitrogens with zero attached hydrogens (tertiary/aromatic N) is 5. The van der Waals surface area contributed by atoms with E-state index in [4.69, 9.17) is 11.6 Å². The second kappa shape index (κ2) is 11.4. The maximum Gasteiger partial charge on any atom is 0.413 e. The van der Waals surface area contributed by atoms with E-state index in [-0.39, 0.29) is 18.3 Å². The molecule has 13 heteroatoms. The highest BCUT2D eigenvalue weighted by Crippen LogP contribution is 2.54. The Morgan fingerprint density at radius 2 is 1.93 bits per heavy atom. The van der Waals surface area contributed by atoms with Crippen LogP contribution in [0.15, 0.2) is 60.7 Å². The zero-order valence-electron chi connectivity index (χ0n) is 26.1. The Balaban J connectivity index is 1.46. The molecule has 240 valence electrons. The molecule has 1 aliphatic carbocycles. The van der Waals surface area contributed by atoms with Crippen LogP contribution in [0.2, 0.25) is 5.02 Å². The number of benzene rings is 2. The Morgan fingerprint density at radius 3 is 2.57 bits per heavy atom. The standard InChI is InChI=1S/C33H35ClF3N9/c1-19-22(26-9-12-45(5)43-26)7-6-8-23(19)30(27-17-46(44-42-27)32(10-11-32)33(35,36)37)41-21-13-24-28(40-18-31(2,3)4)20(15-38)16-39-29(24)25(34)14-21/h6-9,12-14,16-17,30,41-42,44H,10-11,18H2,1-5H3,(H,39,40)/t30-/m0/s1. The van der Waals surface area contributed by atoms with E-state index in [0.29, 0.717) is 45.1 Å². The minimum absolute atomic E-state index is 0.0000951. The van der Waals surface area contributed by atoms with Crippen molar-refractivity contribution in [1.29, 1.82) is 5.26 Å². The summed E-state index contributed by atoms with van der Waals surface area (Å²) in [5.74, 6) is 0. The SMILES string of the molecule is Cc1c(-c2ccn(C)n2)cccc1[C@H](Nc1cc(Cl)c2ncc(C#N)c(NCC(C)(C)C)c2c1)C1=CN(C2(C(F)(F)F)CC2)NN1. The normalized spacial score (nSPS) is 16.5. The molecule has 2 aromatic carbocycles. The molecule has 4 aromatic rings. The fourth-order valence-corrected chi connectivity index (χ4v) is 6.02. The van der Waals surface area contributed by atoms with E-state index in [9.17, 15) is 18.4 Å². The lowest BCUT2D eigenvalue weighted by Crippen LogP contribution is -2.52. The number of hydrazine groups is 2. The molecule has 46 heavy (non-hydrogen) atoms. The van der Waals surface area contributed by atoms with Gasteiger partial charge in [0.25, 0.3) is 0 Å². The third-order valence-corrected chi connectivity index (χ3v) is 8.73. The molecule has 0 unspecified atom stereocenters. The number of halogens is 4. The van der Waals surface area contributed by atoms with Crippen molar-refractivity contribution < 1.29 is 13.2 Å². The zero-order valence-corrected chi connectivity index (χ0v) is 26.9. The highest BCUT2D eigenvalue weighted by Gasteiger charge is 2.67. The smallest absolute Gasteiger partial charge is 0.383 e. The van der Waals surface area contributed by atoms with Crippen molar-refractivity contribution in [3.63, 3.8) is 0 Å². The average molecular weight is 650 g/mol. The van der Waals surface area contributed by atoms with Gasteiger partial charge < -0.3 is 16.1 Å². The monoisotopic (exact) mass is 649 g/mol. The summed E-state index contributed by atoms with van der Waals surface area (Å²) in [6.45, 7) is 8.83. The molecule has 4 N–H and O–H groups in total. The second-order valence-electron chi connectivity index (χ2n) is 13.1. The van der Waals surface area contributed by atoms with E-state index in [1.54, 1.807) is 10.7 Å². The summed E-state index contributed by atoms with van der Waals surface area (Å²) in [7, 11) is 1.84. The predicted octanol–water partition coefficient (Wildman–Crippen LogP) is 7.34. The van der Waals surface area contributed by atoms with Gasteiger partial charge in [-0.05, 0) is 54.5 Å². The molecule has 0 radical (unpaired) electrons. The Bertz CT molecular complexity index is 1880. The van der Waals surface area contributed by atoms with Crippen molar-refractivity contribution in [3.05, 3.63) is 82.4 Å². The van der Waals surface area contributed by atoms with E-state index in [0.717, 1.165) is 27.4 Å². The molecule has 1 saturated carbocycles. The number of nitriles is 1. The first-order chi connectivity index (χ1) is 21.7. The number of aromatic nitrogens is 3. The van der Waals surface area contributed by atoms with Crippen LogP contribution in [0.5, 0.6) is 0 Å². The van der Waals surface area contributed by atoms with Gasteiger partial charge in [-0.3, -0.25) is 14.7 Å². The highest BCUT2D eigenvalue weighted by molar-refractivity contribution is 6.35. The van der Waals surface area contributed by atoms with E-state index < -0.39 is 17.8 Å². The predicted molar refractivity (Wildman–Crippen MR) is 173 cm³/mol. The van der Waals surface area contributed by atoms with E-state index in [1.165, 1.54) is 12.4 Å². The fraction of sp³-hybridized carbons (Fsp3) is 0.364. The Morgan fingerprint density at radius 1 is 1.17 bits per heavy atom. The van der Waals surface area contributed by atoms with Crippen LogP contribution < -0.4 is 21.6 Å². The van der Waals surface area contributed by atoms with E-state index in [2.05, 4.69) is 58.5 Å². The number of hydrogen-bond acceptors (Lipinski definition) is 8. The lowest BCUT2D eigenvalue weighted by Gasteiger charge is -2.28. The minimum Gasteiger partial charge on any atom is -0.383 e. The van der Waals surface area contributed by atoms with Crippen LogP contribution in [-0.2, 0) is 7.05 Å². The van der Waals surface area contributed by atoms with Crippen LogP contribution in [0.1, 0.15) is 56.3 Å². The first-order valence-corrected chi connectivity index (χ1v) is 15.3. The topological polar surface area (TPSA) is 106 Å². The Hall–Kier alpha value is -4.47. The number of rotatable bonds is 8. The first-order valence-electron chi connectivity index (χ1n) is 14.9. The van der Waals surface area contributed by atoms with Crippen molar-refractivity contribution in [3.8, 4) is 17.3 Å². The zero-order chi connectivity index (χ0) is 33.0. The number of fused-ring (bicyclic) bond motifs is 1. The molecule has 0 bridgehead atoms. The average Bonchev–Trinajstić information content (AvgIpc) is 3.48. The molecule has 1 atom stereocenters. The summed E-state index contributed by atoms with van der Waals surface area (Å²) in [5.41, 5.74) is 9.74. The molecule has 0 saturated heterocycles. The van der Waals surface area contributed by atoms with E-state index in [1.807, 2.05) is 50.5 Å². The fourth-order valence-electron chi connectivity index (χ4n) is 5.75. The van der Waals surface area contributed by atoms with Gasteiger partial charge in [-0.15, -0.1) is 5.53 Å². The first kappa shape index (κ1) is 31.5. The molecule has 3 heterocycles. The van der Waals surface area contributed by atoms with Gasteiger partial charge >= 0.3 is 6.18 Å². The van der Waals surface area contributed by atoms with Crippen LogP contribution in [-0.4, -0.2) is 38.0 Å². The maximum absolute atomic E-state index is 14.1. The summed E-state index contributed by atoms with van der Waals surface area (Å²) in [5, 5.41) is 23.6. The highest BCUT2D eigenvalue weighted by atomic mass is 35.5. The maximum atomic E-state index is 14.1. The van der Waals surface area contributed by atoms with Crippen LogP contribution in [0, 0.1) is 23.7 Å². The van der Waals surface area contributed by atoms with Crippen LogP contribution in [0.4, 0.5) is 24.5 Å². The molecule has 1 aliphatic heterocycles. The molecule has 6 rings (SSSR count). The minimum atomic E-state index is -4.40. The van der Waals surface area contributed by atoms with Crippen LogP contribution in [0.3, 0.4) is 0 Å². The lowest BCUT2D eigenvalue weighted by molar-refractivity contribution is -0.195. The summed E-state index contributed by atoms with van der Waals surface area (Å²) in [4.78, 5) is 4.46. The lowest BCUT2D eigenvalue weighted by atomic mass is 9.93. The van der Waals surface area contributed by atoms with Crippen molar-refractivity contribution in [2.75, 3.05) is 17.2 Å². The van der Waals surface area contributed by atoms with Crippen molar-refractivity contribution >= 4 is 33.9 Å². The second-order valence-corrected chi connectivity index (χ2v) is 13.5. The number of alkyl halides is 3. The van der Waals surface area contributed by atoms with Crippen molar-refractivity contribution in [2.24, 2.45) is 12.5 Å². The van der Waals surface area contributed by atoms with Gasteiger partial charge in [-0.2, -0.15) is 23.5 Å². The van der Waals surface area contributed by atoms with Crippen LogP contribution >= 0.6 is 11.6 Å². The van der Waals surface area contributed by atoms with Gasteiger partial charge in [0, 0.05) is 48.8 Å². The number of pyridine rings is 1. The van der Waals surface area contributed by atoms with Gasteiger partial charge in [0.1, 0.15) is 6.07 Å². The van der Waals surface area contributed by atoms with Crippen LogP contribution in [0.25, 0.3) is 22.2 Å². The number of nitrogens with one attached hydrogen (secondary N) is 4. The molecular formula is C33H35ClF3N9. The van der Waals surface area contributed by atoms with Gasteiger partial charge in [0.15, 0.2) is 5.54 Å². The Kier molecular flexibility index (Phi) is 7.81. The largest absolute Gasteiger partial charge is 0.413 e. The number of hydrogen-bond donors (Lipinski definition) is 4. The molecule has 9 nitrogen and oxygen atoms in total. The molecule has 1 fully saturated rings. The summed E-state index contributed by atoms with van der Waals surface area (Å²) in [6, 6.07) is 12.9. The number of anilines is 2. The van der Waals surface area contributed by atoms with Crippen molar-refractivity contribution in [1.82, 2.24) is 30.7 Å². The summed E-state index contributed by atoms with van der Waals surface area (Å²) >= 11 is 6.79. The quantitative estimate of drug-likeness (QED) is 0.157. The van der Waals surface area contributed by atoms with Crippen molar-refractivity contribution in [2.45, 2.75) is 58.3 Å².